The summed E-state index contributed by atoms with van der Waals surface area (Å²) in [6.45, 7) is 0. The highest BCUT2D eigenvalue weighted by Gasteiger charge is 2.53. The van der Waals surface area contributed by atoms with E-state index in [-0.39, 0.29) is 17.0 Å². The van der Waals surface area contributed by atoms with Crippen LogP contribution in [-0.4, -0.2) is 64.4 Å². The van der Waals surface area contributed by atoms with Gasteiger partial charge in [-0.1, -0.05) is 4.49 Å². The number of amides is 1. The van der Waals surface area contributed by atoms with Crippen molar-refractivity contribution in [2.45, 2.75) is 15.6 Å². The molecule has 0 saturated carbocycles. The van der Waals surface area contributed by atoms with Gasteiger partial charge in [-0.05, 0) is 17.1 Å². The largest absolute Gasteiger partial charge is 0.477 e. The Balaban J connectivity index is 1.52. The lowest BCUT2D eigenvalue weighted by Gasteiger charge is -2.49. The standard InChI is InChI=1S/C13H12N6O3S3/c20-10-8(17-13-14-1-2-15-13)11-19(10)9(12(21)22)6(5-24-11)4-23-7-3-16-18-25-7/h1-3,8,11H,4-5H2,(H,21,22)(H2,14,15,17)/t8?,11-/m0/s1. The Labute approximate surface area is 154 Å². The number of aromatic amines is 1. The topological polar surface area (TPSA) is 124 Å². The van der Waals surface area contributed by atoms with Gasteiger partial charge in [0.2, 0.25) is 5.95 Å². The maximum atomic E-state index is 12.5. The highest BCUT2D eigenvalue weighted by Crippen LogP contribution is 2.42. The number of rotatable bonds is 6. The fraction of sp³-hybridized carbons (Fsp3) is 0.308. The van der Waals surface area contributed by atoms with Crippen molar-refractivity contribution in [3.63, 3.8) is 0 Å². The van der Waals surface area contributed by atoms with Crippen molar-refractivity contribution >= 4 is 52.9 Å². The van der Waals surface area contributed by atoms with Crippen LogP contribution < -0.4 is 5.32 Å². The van der Waals surface area contributed by atoms with Crippen LogP contribution in [0.5, 0.6) is 0 Å². The summed E-state index contributed by atoms with van der Waals surface area (Å²) in [5.74, 6) is 0.219. The normalized spacial score (nSPS) is 22.6. The molecular weight excluding hydrogens is 384 g/mol. The van der Waals surface area contributed by atoms with Crippen molar-refractivity contribution in [2.24, 2.45) is 0 Å². The van der Waals surface area contributed by atoms with Crippen LogP contribution >= 0.6 is 35.1 Å². The van der Waals surface area contributed by atoms with Crippen LogP contribution in [0.15, 0.2) is 34.1 Å². The van der Waals surface area contributed by atoms with E-state index in [1.54, 1.807) is 30.4 Å². The van der Waals surface area contributed by atoms with Gasteiger partial charge in [-0.3, -0.25) is 9.69 Å². The number of carbonyl (C=O) groups excluding carboxylic acids is 1. The molecule has 25 heavy (non-hydrogen) atoms. The molecule has 2 aliphatic rings. The molecule has 130 valence electrons. The summed E-state index contributed by atoms with van der Waals surface area (Å²) < 4.78 is 4.70. The lowest BCUT2D eigenvalue weighted by Crippen LogP contribution is -2.67. The minimum atomic E-state index is -1.08. The van der Waals surface area contributed by atoms with Crippen molar-refractivity contribution in [2.75, 3.05) is 16.8 Å². The molecule has 2 atom stereocenters. The molecule has 12 heteroatoms. The number of anilines is 1. The molecule has 9 nitrogen and oxygen atoms in total. The summed E-state index contributed by atoms with van der Waals surface area (Å²) in [6, 6.07) is -0.481. The first-order valence-corrected chi connectivity index (χ1v) is 10.0. The number of β-lactam (4-membered cyclic amide) rings is 1. The summed E-state index contributed by atoms with van der Waals surface area (Å²) in [6.07, 6.45) is 4.89. The molecule has 0 radical (unpaired) electrons. The van der Waals surface area contributed by atoms with Gasteiger partial charge in [0, 0.05) is 23.9 Å². The highest BCUT2D eigenvalue weighted by atomic mass is 32.2. The Bertz CT molecular complexity index is 822. The Morgan fingerprint density at radius 2 is 2.44 bits per heavy atom. The van der Waals surface area contributed by atoms with E-state index in [1.807, 2.05) is 0 Å². The van der Waals surface area contributed by atoms with Gasteiger partial charge in [0.15, 0.2) is 0 Å². The second kappa shape index (κ2) is 6.69. The lowest BCUT2D eigenvalue weighted by molar-refractivity contribution is -0.147. The molecule has 1 fully saturated rings. The van der Waals surface area contributed by atoms with Crippen LogP contribution in [0.25, 0.3) is 0 Å². The predicted octanol–water partition coefficient (Wildman–Crippen LogP) is 1.09. The molecule has 4 heterocycles. The van der Waals surface area contributed by atoms with Crippen LogP contribution in [0.3, 0.4) is 0 Å². The van der Waals surface area contributed by atoms with Crippen LogP contribution in [0.1, 0.15) is 0 Å². The molecule has 0 spiro atoms. The number of imidazole rings is 1. The number of H-pyrrole nitrogens is 1. The Morgan fingerprint density at radius 1 is 1.56 bits per heavy atom. The van der Waals surface area contributed by atoms with Gasteiger partial charge in [-0.25, -0.2) is 9.78 Å². The van der Waals surface area contributed by atoms with Gasteiger partial charge in [0.1, 0.15) is 21.3 Å². The van der Waals surface area contributed by atoms with Gasteiger partial charge in [-0.2, -0.15) is 0 Å². The Kier molecular flexibility index (Phi) is 4.39. The fourth-order valence-corrected chi connectivity index (χ4v) is 5.57. The molecule has 3 N–H and O–H groups in total. The second-order valence-electron chi connectivity index (χ2n) is 5.25. The zero-order chi connectivity index (χ0) is 17.4. The number of hydrogen-bond donors (Lipinski definition) is 3. The molecule has 1 amide bonds. The van der Waals surface area contributed by atoms with E-state index in [1.165, 1.54) is 28.2 Å². The maximum absolute atomic E-state index is 12.5. The number of aromatic nitrogens is 4. The number of carbonyl (C=O) groups is 2. The third kappa shape index (κ3) is 3.00. The molecule has 0 bridgehead atoms. The smallest absolute Gasteiger partial charge is 0.352 e. The number of hydrogen-bond acceptors (Lipinski definition) is 9. The third-order valence-corrected chi connectivity index (χ3v) is 7.03. The molecule has 2 aromatic rings. The van der Waals surface area contributed by atoms with Crippen LogP contribution in [0.4, 0.5) is 5.95 Å². The van der Waals surface area contributed by atoms with E-state index in [4.69, 9.17) is 0 Å². The van der Waals surface area contributed by atoms with Crippen LogP contribution in [-0.2, 0) is 9.59 Å². The molecule has 0 aromatic carbocycles. The average molecular weight is 396 g/mol. The van der Waals surface area contributed by atoms with Crippen molar-refractivity contribution in [3.05, 3.63) is 29.9 Å². The summed E-state index contributed by atoms with van der Waals surface area (Å²) in [5, 5.41) is 16.2. The lowest BCUT2D eigenvalue weighted by atomic mass is 10.0. The molecule has 0 aliphatic carbocycles. The first-order chi connectivity index (χ1) is 12.1. The van der Waals surface area contributed by atoms with Crippen LogP contribution in [0.2, 0.25) is 0 Å². The zero-order valence-electron chi connectivity index (χ0n) is 12.6. The number of nitrogens with zero attached hydrogens (tertiary/aromatic N) is 4. The van der Waals surface area contributed by atoms with Gasteiger partial charge in [0.25, 0.3) is 5.91 Å². The number of aliphatic carboxylic acids is 1. The third-order valence-electron chi connectivity index (χ3n) is 3.77. The summed E-state index contributed by atoms with van der Waals surface area (Å²) in [5.41, 5.74) is 0.827. The minimum absolute atomic E-state index is 0.0937. The SMILES string of the molecule is O=C(O)C1=C(CSc2cnns2)CS[C@H]2C(Nc3ncc[nH]3)C(=O)N12. The molecule has 1 saturated heterocycles. The first-order valence-electron chi connectivity index (χ1n) is 7.21. The van der Waals surface area contributed by atoms with Crippen molar-refractivity contribution < 1.29 is 14.7 Å². The minimum Gasteiger partial charge on any atom is -0.477 e. The summed E-state index contributed by atoms with van der Waals surface area (Å²) in [7, 11) is 0. The Hall–Kier alpha value is -2.05. The molecule has 1 unspecified atom stereocenters. The number of carboxylic acids is 1. The van der Waals surface area contributed by atoms with Crippen LogP contribution in [0, 0.1) is 0 Å². The van der Waals surface area contributed by atoms with Crippen molar-refractivity contribution in [1.29, 1.82) is 0 Å². The number of nitrogens with one attached hydrogen (secondary N) is 2. The summed E-state index contributed by atoms with van der Waals surface area (Å²) in [4.78, 5) is 32.6. The molecule has 2 aliphatic heterocycles. The monoisotopic (exact) mass is 396 g/mol. The summed E-state index contributed by atoms with van der Waals surface area (Å²) >= 11 is 4.29. The van der Waals surface area contributed by atoms with Gasteiger partial charge in [-0.15, -0.1) is 28.6 Å². The number of carboxylic acid groups (broad SMARTS) is 1. The van der Waals surface area contributed by atoms with Gasteiger partial charge in [0.05, 0.1) is 6.20 Å². The molecule has 2 aromatic heterocycles. The highest BCUT2D eigenvalue weighted by molar-refractivity contribution is 8.01. The number of fused-ring (bicyclic) bond motifs is 1. The van der Waals surface area contributed by atoms with E-state index in [0.717, 1.165) is 9.78 Å². The average Bonchev–Trinajstić information content (AvgIpc) is 3.30. The van der Waals surface area contributed by atoms with E-state index >= 15 is 0 Å². The Morgan fingerprint density at radius 3 is 3.12 bits per heavy atom. The van der Waals surface area contributed by atoms with E-state index in [9.17, 15) is 14.7 Å². The van der Waals surface area contributed by atoms with E-state index < -0.39 is 12.0 Å². The van der Waals surface area contributed by atoms with Gasteiger partial charge >= 0.3 is 5.97 Å². The molecular formula is C13H12N6O3S3. The molecule has 4 rings (SSSR count). The van der Waals surface area contributed by atoms with E-state index in [2.05, 4.69) is 24.9 Å². The zero-order valence-corrected chi connectivity index (χ0v) is 15.0. The van der Waals surface area contributed by atoms with Crippen molar-refractivity contribution in [1.82, 2.24) is 24.5 Å². The second-order valence-corrected chi connectivity index (χ2v) is 8.42. The quantitative estimate of drug-likeness (QED) is 0.486. The maximum Gasteiger partial charge on any atom is 0.352 e. The predicted molar refractivity (Wildman–Crippen MR) is 94.4 cm³/mol. The fourth-order valence-electron chi connectivity index (χ4n) is 2.67. The van der Waals surface area contributed by atoms with Crippen molar-refractivity contribution in [3.8, 4) is 0 Å². The van der Waals surface area contributed by atoms with Gasteiger partial charge < -0.3 is 15.4 Å². The first kappa shape index (κ1) is 16.4. The number of thioether (sulfide) groups is 2. The van der Waals surface area contributed by atoms with E-state index in [0.29, 0.717) is 17.5 Å².